The smallest absolute Gasteiger partial charge is 0.157 e. The molecular formula is C18H18ClNO3. The maximum atomic E-state index is 9.58. The van der Waals surface area contributed by atoms with Crippen LogP contribution >= 0.6 is 11.6 Å². The molecular weight excluding hydrogens is 314 g/mol. The summed E-state index contributed by atoms with van der Waals surface area (Å²) in [5.74, 6) is -0.0248. The molecule has 4 nitrogen and oxygen atoms in total. The minimum absolute atomic E-state index is 0.0978. The van der Waals surface area contributed by atoms with E-state index in [1.54, 1.807) is 12.1 Å². The van der Waals surface area contributed by atoms with Gasteiger partial charge in [0.05, 0.1) is 5.71 Å². The predicted molar refractivity (Wildman–Crippen MR) is 90.0 cm³/mol. The number of rotatable bonds is 4. The summed E-state index contributed by atoms with van der Waals surface area (Å²) in [7, 11) is 0. The van der Waals surface area contributed by atoms with E-state index in [2.05, 4.69) is 12.1 Å². The van der Waals surface area contributed by atoms with Crippen LogP contribution < -0.4 is 0 Å². The van der Waals surface area contributed by atoms with Gasteiger partial charge in [-0.3, -0.25) is 0 Å². The van der Waals surface area contributed by atoms with Gasteiger partial charge in [-0.15, -0.1) is 0 Å². The van der Waals surface area contributed by atoms with Crippen LogP contribution in [-0.2, 0) is 11.3 Å². The Balaban J connectivity index is 1.65. The van der Waals surface area contributed by atoms with E-state index in [1.807, 2.05) is 24.3 Å². The second-order valence-corrected chi connectivity index (χ2v) is 6.30. The second kappa shape index (κ2) is 6.50. The topological polar surface area (TPSA) is 62.0 Å². The summed E-state index contributed by atoms with van der Waals surface area (Å²) in [6.07, 6.45) is 1.35. The van der Waals surface area contributed by atoms with Crippen molar-refractivity contribution in [2.75, 3.05) is 0 Å². The lowest BCUT2D eigenvalue weighted by Gasteiger charge is -2.12. The molecule has 5 heteroatoms. The van der Waals surface area contributed by atoms with Crippen LogP contribution in [0.4, 0.5) is 0 Å². The molecule has 2 aromatic carbocycles. The largest absolute Gasteiger partial charge is 0.504 e. The fourth-order valence-electron chi connectivity index (χ4n) is 2.74. The van der Waals surface area contributed by atoms with Crippen molar-refractivity contribution in [3.8, 4) is 11.5 Å². The fraction of sp³-hybridized carbons (Fsp3) is 0.278. The van der Waals surface area contributed by atoms with Crippen LogP contribution in [0.15, 0.2) is 47.6 Å². The Morgan fingerprint density at radius 1 is 1.22 bits per heavy atom. The molecule has 1 aliphatic rings. The number of nitrogens with zero attached hydrogens (tertiary/aromatic N) is 1. The van der Waals surface area contributed by atoms with Crippen molar-refractivity contribution < 1.29 is 15.1 Å². The normalized spacial score (nSPS) is 18.3. The number of hydrogen-bond donors (Lipinski definition) is 2. The summed E-state index contributed by atoms with van der Waals surface area (Å²) < 4.78 is 0. The van der Waals surface area contributed by atoms with Crippen LogP contribution in [-0.4, -0.2) is 15.9 Å². The molecule has 0 amide bonds. The molecule has 0 saturated carbocycles. The summed E-state index contributed by atoms with van der Waals surface area (Å²) in [6.45, 7) is 2.08. The van der Waals surface area contributed by atoms with Crippen LogP contribution in [0, 0.1) is 5.92 Å². The molecule has 0 fully saturated rings. The summed E-state index contributed by atoms with van der Waals surface area (Å²) in [5, 5.41) is 23.9. The van der Waals surface area contributed by atoms with Gasteiger partial charge in [0.15, 0.2) is 17.6 Å². The Hall–Kier alpha value is -2.20. The van der Waals surface area contributed by atoms with Crippen molar-refractivity contribution in [1.82, 2.24) is 0 Å². The molecule has 0 spiro atoms. The van der Waals surface area contributed by atoms with Gasteiger partial charge in [0, 0.05) is 17.4 Å². The van der Waals surface area contributed by atoms with Crippen molar-refractivity contribution in [3.63, 3.8) is 0 Å². The molecule has 0 aromatic heterocycles. The number of hydrogen-bond acceptors (Lipinski definition) is 4. The highest BCUT2D eigenvalue weighted by atomic mass is 35.5. The van der Waals surface area contributed by atoms with Crippen molar-refractivity contribution >= 4 is 17.3 Å². The van der Waals surface area contributed by atoms with E-state index in [0.29, 0.717) is 5.02 Å². The van der Waals surface area contributed by atoms with Gasteiger partial charge >= 0.3 is 0 Å². The van der Waals surface area contributed by atoms with Gasteiger partial charge < -0.3 is 15.1 Å². The molecule has 0 radical (unpaired) electrons. The SMILES string of the molecule is C[C@H](Cc1ccc(O)c(O)c1)C1=NO[C@@H](c2cccc(Cl)c2)C1. The average molecular weight is 332 g/mol. The van der Waals surface area contributed by atoms with Gasteiger partial charge in [-0.1, -0.05) is 41.9 Å². The van der Waals surface area contributed by atoms with E-state index in [-0.39, 0.29) is 23.5 Å². The zero-order valence-corrected chi connectivity index (χ0v) is 13.5. The maximum absolute atomic E-state index is 9.58. The number of halogens is 1. The minimum Gasteiger partial charge on any atom is -0.504 e. The molecule has 0 bridgehead atoms. The minimum atomic E-state index is -0.107. The van der Waals surface area contributed by atoms with Crippen molar-refractivity contribution in [2.24, 2.45) is 11.1 Å². The Morgan fingerprint density at radius 3 is 2.78 bits per heavy atom. The molecule has 0 unspecified atom stereocenters. The second-order valence-electron chi connectivity index (χ2n) is 5.86. The first kappa shape index (κ1) is 15.7. The summed E-state index contributed by atoms with van der Waals surface area (Å²) in [4.78, 5) is 5.55. The molecule has 23 heavy (non-hydrogen) atoms. The molecule has 2 aromatic rings. The highest BCUT2D eigenvalue weighted by Gasteiger charge is 2.26. The van der Waals surface area contributed by atoms with E-state index < -0.39 is 0 Å². The van der Waals surface area contributed by atoms with Crippen LogP contribution in [0.25, 0.3) is 0 Å². The number of oxime groups is 1. The molecule has 1 aliphatic heterocycles. The number of phenols is 2. The zero-order valence-electron chi connectivity index (χ0n) is 12.7. The molecule has 0 saturated heterocycles. The van der Waals surface area contributed by atoms with Crippen molar-refractivity contribution in [2.45, 2.75) is 25.9 Å². The average Bonchev–Trinajstić information content (AvgIpc) is 3.01. The Bertz CT molecular complexity index is 745. The molecule has 0 aliphatic carbocycles. The first-order valence-corrected chi connectivity index (χ1v) is 7.89. The summed E-state index contributed by atoms with van der Waals surface area (Å²) in [5.41, 5.74) is 2.95. The number of aromatic hydroxyl groups is 2. The van der Waals surface area contributed by atoms with Crippen LogP contribution in [0.1, 0.15) is 30.6 Å². The fourth-order valence-corrected chi connectivity index (χ4v) is 2.94. The first-order valence-electron chi connectivity index (χ1n) is 7.52. The van der Waals surface area contributed by atoms with Gasteiger partial charge in [-0.2, -0.15) is 0 Å². The third-order valence-electron chi connectivity index (χ3n) is 4.06. The zero-order chi connectivity index (χ0) is 16.4. The lowest BCUT2D eigenvalue weighted by Crippen LogP contribution is -2.12. The highest BCUT2D eigenvalue weighted by molar-refractivity contribution is 6.30. The molecule has 1 heterocycles. The van der Waals surface area contributed by atoms with Crippen molar-refractivity contribution in [3.05, 3.63) is 58.6 Å². The van der Waals surface area contributed by atoms with Crippen LogP contribution in [0.5, 0.6) is 11.5 Å². The highest BCUT2D eigenvalue weighted by Crippen LogP contribution is 2.32. The maximum Gasteiger partial charge on any atom is 0.157 e. The number of phenolic OH excluding ortho intramolecular Hbond substituents is 2. The van der Waals surface area contributed by atoms with Gasteiger partial charge in [0.1, 0.15) is 0 Å². The van der Waals surface area contributed by atoms with Gasteiger partial charge in [0.25, 0.3) is 0 Å². The predicted octanol–water partition coefficient (Wildman–Crippen LogP) is 4.45. The number of benzene rings is 2. The first-order chi connectivity index (χ1) is 11.0. The lowest BCUT2D eigenvalue weighted by molar-refractivity contribution is 0.0857. The summed E-state index contributed by atoms with van der Waals surface area (Å²) in [6, 6.07) is 12.5. The van der Waals surface area contributed by atoms with Gasteiger partial charge in [-0.05, 0) is 41.8 Å². The standard InChI is InChI=1S/C18H18ClNO3/c1-11(7-12-5-6-16(21)17(22)8-12)15-10-18(23-20-15)13-3-2-4-14(19)9-13/h2-6,8-9,11,18,21-22H,7,10H2,1H3/t11-,18-/m1/s1. The van der Waals surface area contributed by atoms with Gasteiger partial charge in [-0.25, -0.2) is 0 Å². The Labute approximate surface area is 140 Å². The molecule has 120 valence electrons. The third kappa shape index (κ3) is 3.59. The van der Waals surface area contributed by atoms with E-state index >= 15 is 0 Å². The van der Waals surface area contributed by atoms with E-state index in [4.69, 9.17) is 16.4 Å². The Kier molecular flexibility index (Phi) is 4.44. The van der Waals surface area contributed by atoms with E-state index in [1.165, 1.54) is 6.07 Å². The third-order valence-corrected chi connectivity index (χ3v) is 4.30. The van der Waals surface area contributed by atoms with Crippen molar-refractivity contribution in [1.29, 1.82) is 0 Å². The lowest BCUT2D eigenvalue weighted by atomic mass is 9.92. The summed E-state index contributed by atoms with van der Waals surface area (Å²) >= 11 is 6.02. The quantitative estimate of drug-likeness (QED) is 0.814. The molecule has 3 rings (SSSR count). The van der Waals surface area contributed by atoms with Gasteiger partial charge in [0.2, 0.25) is 0 Å². The van der Waals surface area contributed by atoms with Crippen LogP contribution in [0.3, 0.4) is 0 Å². The van der Waals surface area contributed by atoms with E-state index in [9.17, 15) is 10.2 Å². The monoisotopic (exact) mass is 331 g/mol. The van der Waals surface area contributed by atoms with Crippen LogP contribution in [0.2, 0.25) is 5.02 Å². The molecule has 2 atom stereocenters. The van der Waals surface area contributed by atoms with E-state index in [0.717, 1.165) is 29.7 Å². The molecule has 2 N–H and O–H groups in total. The Morgan fingerprint density at radius 2 is 2.04 bits per heavy atom.